The van der Waals surface area contributed by atoms with E-state index >= 15 is 0 Å². The van der Waals surface area contributed by atoms with Crippen LogP contribution in [0.1, 0.15) is 24.2 Å². The Morgan fingerprint density at radius 1 is 1.67 bits per heavy atom. The minimum Gasteiger partial charge on any atom is -0.323 e. The molecule has 0 saturated heterocycles. The van der Waals surface area contributed by atoms with Crippen molar-refractivity contribution < 1.29 is 0 Å². The molecule has 3 heteroatoms. The van der Waals surface area contributed by atoms with Crippen molar-refractivity contribution in [2.24, 2.45) is 11.5 Å². The van der Waals surface area contributed by atoms with Crippen molar-refractivity contribution in [3.63, 3.8) is 0 Å². The minimum absolute atomic E-state index is 0.0683. The third-order valence-electron chi connectivity index (χ3n) is 2.52. The van der Waals surface area contributed by atoms with Gasteiger partial charge >= 0.3 is 0 Å². The van der Waals surface area contributed by atoms with Crippen LogP contribution in [-0.4, -0.2) is 10.5 Å². The van der Waals surface area contributed by atoms with Gasteiger partial charge in [-0.25, -0.2) is 0 Å². The number of pyridine rings is 1. The number of fused-ring (bicyclic) bond motifs is 1. The van der Waals surface area contributed by atoms with E-state index in [1.54, 1.807) is 6.20 Å². The maximum Gasteiger partial charge on any atom is 0.0497 e. The summed E-state index contributed by atoms with van der Waals surface area (Å²) in [6.45, 7) is 1.97. The lowest BCUT2D eigenvalue weighted by Crippen LogP contribution is -2.44. The number of nitrogens with zero attached hydrogens (tertiary/aromatic N) is 1. The van der Waals surface area contributed by atoms with Gasteiger partial charge in [0.1, 0.15) is 0 Å². The maximum atomic E-state index is 6.01. The van der Waals surface area contributed by atoms with Crippen molar-refractivity contribution in [1.29, 1.82) is 0 Å². The molecule has 2 atom stereocenters. The summed E-state index contributed by atoms with van der Waals surface area (Å²) in [7, 11) is 0. The lowest BCUT2D eigenvalue weighted by Gasteiger charge is -2.22. The van der Waals surface area contributed by atoms with Crippen molar-refractivity contribution in [3.8, 4) is 0 Å². The van der Waals surface area contributed by atoms with Crippen molar-refractivity contribution in [2.75, 3.05) is 0 Å². The van der Waals surface area contributed by atoms with E-state index in [0.29, 0.717) is 0 Å². The first-order chi connectivity index (χ1) is 5.61. The van der Waals surface area contributed by atoms with E-state index in [2.05, 4.69) is 4.98 Å². The monoisotopic (exact) mass is 163 g/mol. The Bertz CT molecular complexity index is 306. The van der Waals surface area contributed by atoms with Crippen LogP contribution in [0, 0.1) is 0 Å². The van der Waals surface area contributed by atoms with Gasteiger partial charge in [0, 0.05) is 29.9 Å². The molecule has 1 aliphatic rings. The summed E-state index contributed by atoms with van der Waals surface area (Å²) in [6, 6.07) is 3.84. The Labute approximate surface area is 71.8 Å². The Kier molecular flexibility index (Phi) is 1.46. The molecule has 2 unspecified atom stereocenters. The van der Waals surface area contributed by atoms with Gasteiger partial charge in [-0.2, -0.15) is 0 Å². The van der Waals surface area contributed by atoms with Crippen LogP contribution in [0.4, 0.5) is 0 Å². The molecule has 0 amide bonds. The number of rotatable bonds is 0. The van der Waals surface area contributed by atoms with Crippen molar-refractivity contribution in [3.05, 3.63) is 29.6 Å². The summed E-state index contributed by atoms with van der Waals surface area (Å²) >= 11 is 0. The van der Waals surface area contributed by atoms with E-state index in [4.69, 9.17) is 11.5 Å². The van der Waals surface area contributed by atoms with Crippen LogP contribution in [0.5, 0.6) is 0 Å². The number of aromatic nitrogens is 1. The summed E-state index contributed by atoms with van der Waals surface area (Å²) in [5.41, 5.74) is 13.8. The highest BCUT2D eigenvalue weighted by molar-refractivity contribution is 5.34. The molecular formula is C9H13N3. The molecule has 0 bridgehead atoms. The smallest absolute Gasteiger partial charge is 0.0497 e. The molecule has 2 rings (SSSR count). The van der Waals surface area contributed by atoms with Gasteiger partial charge in [-0.3, -0.25) is 4.98 Å². The zero-order valence-corrected chi connectivity index (χ0v) is 7.12. The van der Waals surface area contributed by atoms with Crippen LogP contribution in [0.3, 0.4) is 0 Å². The quantitative estimate of drug-likeness (QED) is 0.580. The molecule has 0 aliphatic heterocycles. The average molecular weight is 163 g/mol. The van der Waals surface area contributed by atoms with Crippen LogP contribution in [0.15, 0.2) is 18.3 Å². The van der Waals surface area contributed by atoms with Crippen LogP contribution in [-0.2, 0) is 6.42 Å². The third-order valence-corrected chi connectivity index (χ3v) is 2.52. The van der Waals surface area contributed by atoms with E-state index in [9.17, 15) is 0 Å². The predicted molar refractivity (Wildman–Crippen MR) is 47.5 cm³/mol. The fourth-order valence-corrected chi connectivity index (χ4v) is 1.71. The molecule has 1 heterocycles. The Morgan fingerprint density at radius 3 is 3.08 bits per heavy atom. The SMILES string of the molecule is CC1(N)Cc2ncccc2C1N. The Hall–Kier alpha value is -0.930. The second kappa shape index (κ2) is 2.28. The van der Waals surface area contributed by atoms with E-state index < -0.39 is 0 Å². The third kappa shape index (κ3) is 0.940. The topological polar surface area (TPSA) is 64.9 Å². The largest absolute Gasteiger partial charge is 0.323 e. The molecule has 4 N–H and O–H groups in total. The second-order valence-corrected chi connectivity index (χ2v) is 3.70. The van der Waals surface area contributed by atoms with Gasteiger partial charge < -0.3 is 11.5 Å². The van der Waals surface area contributed by atoms with E-state index in [1.807, 2.05) is 19.1 Å². The predicted octanol–water partition coefficient (Wildman–Crippen LogP) is 0.355. The summed E-state index contributed by atoms with van der Waals surface area (Å²) in [6.07, 6.45) is 2.57. The normalized spacial score (nSPS) is 33.4. The van der Waals surface area contributed by atoms with Gasteiger partial charge in [0.15, 0.2) is 0 Å². The van der Waals surface area contributed by atoms with Crippen LogP contribution < -0.4 is 11.5 Å². The van der Waals surface area contributed by atoms with Crippen LogP contribution >= 0.6 is 0 Å². The first kappa shape index (κ1) is 7.71. The molecule has 1 aliphatic carbocycles. The molecule has 0 spiro atoms. The molecule has 3 nitrogen and oxygen atoms in total. The molecule has 0 fully saturated rings. The van der Waals surface area contributed by atoms with Gasteiger partial charge in [-0.15, -0.1) is 0 Å². The highest BCUT2D eigenvalue weighted by Crippen LogP contribution is 2.33. The summed E-state index contributed by atoms with van der Waals surface area (Å²) in [4.78, 5) is 4.25. The fourth-order valence-electron chi connectivity index (χ4n) is 1.71. The zero-order valence-electron chi connectivity index (χ0n) is 7.12. The molecule has 64 valence electrons. The highest BCUT2D eigenvalue weighted by atomic mass is 14.9. The fraction of sp³-hybridized carbons (Fsp3) is 0.444. The second-order valence-electron chi connectivity index (χ2n) is 3.70. The van der Waals surface area contributed by atoms with Crippen LogP contribution in [0.2, 0.25) is 0 Å². The van der Waals surface area contributed by atoms with Gasteiger partial charge in [-0.05, 0) is 18.6 Å². The summed E-state index contributed by atoms with van der Waals surface area (Å²) in [5, 5.41) is 0. The van der Waals surface area contributed by atoms with Crippen molar-refractivity contribution in [1.82, 2.24) is 4.98 Å². The average Bonchev–Trinajstić information content (AvgIpc) is 2.24. The van der Waals surface area contributed by atoms with Crippen LogP contribution in [0.25, 0.3) is 0 Å². The lowest BCUT2D eigenvalue weighted by atomic mass is 9.96. The maximum absolute atomic E-state index is 6.01. The van der Waals surface area contributed by atoms with E-state index in [0.717, 1.165) is 17.7 Å². The summed E-state index contributed by atoms with van der Waals surface area (Å²) in [5.74, 6) is 0. The van der Waals surface area contributed by atoms with Gasteiger partial charge in [0.2, 0.25) is 0 Å². The zero-order chi connectivity index (χ0) is 8.77. The van der Waals surface area contributed by atoms with Gasteiger partial charge in [0.25, 0.3) is 0 Å². The van der Waals surface area contributed by atoms with Gasteiger partial charge in [0.05, 0.1) is 0 Å². The van der Waals surface area contributed by atoms with E-state index in [1.165, 1.54) is 0 Å². The highest BCUT2D eigenvalue weighted by Gasteiger charge is 2.37. The number of hydrogen-bond donors (Lipinski definition) is 2. The first-order valence-electron chi connectivity index (χ1n) is 4.09. The molecule has 0 radical (unpaired) electrons. The first-order valence-corrected chi connectivity index (χ1v) is 4.09. The Balaban J connectivity index is 2.49. The van der Waals surface area contributed by atoms with E-state index in [-0.39, 0.29) is 11.6 Å². The van der Waals surface area contributed by atoms with Crippen molar-refractivity contribution >= 4 is 0 Å². The lowest BCUT2D eigenvalue weighted by molar-refractivity contribution is 0.414. The number of nitrogens with two attached hydrogens (primary N) is 2. The molecule has 0 saturated carbocycles. The molecular weight excluding hydrogens is 150 g/mol. The standard InChI is InChI=1S/C9H13N3/c1-9(11)5-7-6(8(9)10)3-2-4-12-7/h2-4,8H,5,10-11H2,1H3. The number of hydrogen-bond acceptors (Lipinski definition) is 3. The van der Waals surface area contributed by atoms with Gasteiger partial charge in [-0.1, -0.05) is 6.07 Å². The molecule has 0 aromatic carbocycles. The molecule has 1 aromatic rings. The summed E-state index contributed by atoms with van der Waals surface area (Å²) < 4.78 is 0. The minimum atomic E-state index is -0.323. The Morgan fingerprint density at radius 2 is 2.42 bits per heavy atom. The molecule has 12 heavy (non-hydrogen) atoms. The molecule has 1 aromatic heterocycles. The van der Waals surface area contributed by atoms with Crippen molar-refractivity contribution in [2.45, 2.75) is 24.9 Å².